The molecule has 5 rings (SSSR count). The molecule has 3 aromatic rings. The molecule has 0 saturated carbocycles. The van der Waals surface area contributed by atoms with E-state index in [0.29, 0.717) is 18.3 Å². The second-order valence-electron chi connectivity index (χ2n) is 7.71. The molecule has 1 saturated heterocycles. The Hall–Kier alpha value is -3.68. The smallest absolute Gasteiger partial charge is 0.402 e. The summed E-state index contributed by atoms with van der Waals surface area (Å²) < 4.78 is 9.31. The summed E-state index contributed by atoms with van der Waals surface area (Å²) in [5, 5.41) is 0. The van der Waals surface area contributed by atoms with Gasteiger partial charge in [-0.05, 0) is 37.1 Å². The first kappa shape index (κ1) is 18.4. The molecule has 1 unspecified atom stereocenters. The van der Waals surface area contributed by atoms with Crippen LogP contribution in [-0.2, 0) is 17.9 Å². The zero-order valence-electron chi connectivity index (χ0n) is 17.1. The molecule has 1 atom stereocenters. The van der Waals surface area contributed by atoms with Crippen LogP contribution in [0.4, 0.5) is 10.7 Å². The van der Waals surface area contributed by atoms with Gasteiger partial charge in [-0.3, -0.25) is 14.6 Å². The molecule has 0 radical (unpaired) electrons. The highest BCUT2D eigenvalue weighted by atomic mass is 16.3. The Bertz CT molecular complexity index is 1190. The van der Waals surface area contributed by atoms with E-state index < -0.39 is 6.04 Å². The maximum Gasteiger partial charge on any atom is 0.402 e. The highest BCUT2D eigenvalue weighted by Crippen LogP contribution is 2.30. The molecular weight excluding hydrogens is 382 g/mol. The van der Waals surface area contributed by atoms with E-state index in [1.54, 1.807) is 13.3 Å². The first-order valence-electron chi connectivity index (χ1n) is 9.81. The van der Waals surface area contributed by atoms with Gasteiger partial charge >= 0.3 is 12.0 Å². The largest absolute Gasteiger partial charge is 0.466 e. The van der Waals surface area contributed by atoms with Gasteiger partial charge in [0.25, 0.3) is 5.91 Å². The normalized spacial score (nSPS) is 18.0. The molecule has 4 heterocycles. The molecule has 8 nitrogen and oxygen atoms in total. The average molecular weight is 404 g/mol. The first-order valence-corrected chi connectivity index (χ1v) is 9.81. The summed E-state index contributed by atoms with van der Waals surface area (Å²) in [7, 11) is 1.67. The number of benzene rings is 1. The molecule has 8 heteroatoms. The van der Waals surface area contributed by atoms with Crippen LogP contribution in [0.1, 0.15) is 28.6 Å². The topological polar surface area (TPSA) is 74.9 Å². The van der Waals surface area contributed by atoms with E-state index in [9.17, 15) is 9.59 Å². The lowest BCUT2D eigenvalue weighted by Gasteiger charge is -2.33. The molecule has 30 heavy (non-hydrogen) atoms. The molecule has 2 aliphatic rings. The van der Waals surface area contributed by atoms with Gasteiger partial charge in [-0.25, -0.2) is 13.9 Å². The molecule has 3 amide bonds. The third kappa shape index (κ3) is 2.67. The zero-order valence-corrected chi connectivity index (χ0v) is 17.1. The number of carbonyl (C=O) groups excluding carboxylic acids is 2. The van der Waals surface area contributed by atoms with Crippen molar-refractivity contribution >= 4 is 23.7 Å². The van der Waals surface area contributed by atoms with Crippen molar-refractivity contribution in [3.8, 4) is 0 Å². The number of aryl methyl sites for hydroxylation is 2. The summed E-state index contributed by atoms with van der Waals surface area (Å²) in [6.45, 7) is 4.69. The molecule has 152 valence electrons. The number of hydrogen-bond donors (Lipinski definition) is 0. The molecule has 1 aromatic carbocycles. The Balaban J connectivity index is 1.52. The van der Waals surface area contributed by atoms with E-state index in [1.165, 1.54) is 9.80 Å². The molecule has 0 bridgehead atoms. The third-order valence-electron chi connectivity index (χ3n) is 5.81. The Morgan fingerprint density at radius 3 is 2.63 bits per heavy atom. The molecule has 2 aromatic heterocycles. The minimum atomic E-state index is -0.650. The number of hydrogen-bond acceptors (Lipinski definition) is 4. The van der Waals surface area contributed by atoms with Crippen LogP contribution in [-0.4, -0.2) is 39.2 Å². The van der Waals surface area contributed by atoms with Crippen LogP contribution in [0.25, 0.3) is 0 Å². The fourth-order valence-electron chi connectivity index (χ4n) is 4.09. The quantitative estimate of drug-likeness (QED) is 0.628. The van der Waals surface area contributed by atoms with E-state index in [-0.39, 0.29) is 18.5 Å². The van der Waals surface area contributed by atoms with Gasteiger partial charge in [0.2, 0.25) is 11.9 Å². The summed E-state index contributed by atoms with van der Waals surface area (Å²) in [6.07, 6.45) is 3.54. The van der Waals surface area contributed by atoms with Crippen molar-refractivity contribution in [2.75, 3.05) is 7.05 Å². The summed E-state index contributed by atoms with van der Waals surface area (Å²) in [4.78, 5) is 33.9. The van der Waals surface area contributed by atoms with E-state index in [1.807, 2.05) is 65.6 Å². The molecule has 1 fully saturated rings. The highest BCUT2D eigenvalue weighted by molar-refractivity contribution is 6.19. The number of imide groups is 1. The molecule has 2 aliphatic heterocycles. The number of nitrogens with zero attached hydrogens (tertiary/aromatic N) is 5. The van der Waals surface area contributed by atoms with Crippen LogP contribution in [0.2, 0.25) is 0 Å². The number of rotatable bonds is 4. The highest BCUT2D eigenvalue weighted by Gasteiger charge is 2.53. The van der Waals surface area contributed by atoms with Crippen LogP contribution in [0.3, 0.4) is 0 Å². The second kappa shape index (κ2) is 6.69. The third-order valence-corrected chi connectivity index (χ3v) is 5.81. The lowest BCUT2D eigenvalue weighted by atomic mass is 10.1. The fourth-order valence-corrected chi connectivity index (χ4v) is 4.09. The molecule has 0 spiro atoms. The Morgan fingerprint density at radius 2 is 1.90 bits per heavy atom. The monoisotopic (exact) mass is 404 g/mol. The van der Waals surface area contributed by atoms with Crippen LogP contribution in [0.5, 0.6) is 0 Å². The first-order chi connectivity index (χ1) is 14.5. The van der Waals surface area contributed by atoms with Crippen LogP contribution in [0, 0.1) is 13.8 Å². The van der Waals surface area contributed by atoms with Gasteiger partial charge in [-0.2, -0.15) is 0 Å². The number of likely N-dealkylation sites (N-methyl/N-ethyl adjacent to an activating group) is 1. The zero-order chi connectivity index (χ0) is 21.0. The Kier molecular flexibility index (Phi) is 4.09. The van der Waals surface area contributed by atoms with Gasteiger partial charge in [-0.15, -0.1) is 0 Å². The number of fused-ring (bicyclic) bond motifs is 3. The standard InChI is InChI=1S/C22H22N5O3/c1-14-7-4-5-8-16(14)12-27-20(28)18-19(24(3)22(27)29)23-21-25(15(2)11-26(18)21)13-17-9-6-10-30-17/h4-11,18H,12-13H2,1-3H3/q+1. The number of urea groups is 1. The number of aliphatic imine (C=N–C) groups is 1. The summed E-state index contributed by atoms with van der Waals surface area (Å²) in [5.74, 6) is 1.62. The van der Waals surface area contributed by atoms with Gasteiger partial charge in [0, 0.05) is 7.05 Å². The molecular formula is C22H22N5O3+. The number of amidine groups is 1. The van der Waals surface area contributed by atoms with Gasteiger partial charge in [0.15, 0.2) is 0 Å². The van der Waals surface area contributed by atoms with Gasteiger partial charge in [0.1, 0.15) is 24.2 Å². The predicted molar refractivity (Wildman–Crippen MR) is 108 cm³/mol. The van der Waals surface area contributed by atoms with Gasteiger partial charge in [0.05, 0.1) is 12.8 Å². The minimum absolute atomic E-state index is 0.237. The Morgan fingerprint density at radius 1 is 1.10 bits per heavy atom. The number of imidazole rings is 1. The van der Waals surface area contributed by atoms with Crippen molar-refractivity contribution in [2.24, 2.45) is 4.99 Å². The molecule has 0 aliphatic carbocycles. The maximum absolute atomic E-state index is 13.4. The lowest BCUT2D eigenvalue weighted by molar-refractivity contribution is -0.677. The average Bonchev–Trinajstić information content (AvgIpc) is 3.43. The van der Waals surface area contributed by atoms with Crippen molar-refractivity contribution in [3.05, 3.63) is 71.4 Å². The molecule has 0 N–H and O–H groups in total. The van der Waals surface area contributed by atoms with Crippen molar-refractivity contribution in [1.82, 2.24) is 14.4 Å². The fraction of sp³-hybridized carbons (Fsp3) is 0.273. The Labute approximate surface area is 173 Å². The van der Waals surface area contributed by atoms with E-state index in [2.05, 4.69) is 4.99 Å². The van der Waals surface area contributed by atoms with Crippen LogP contribution < -0.4 is 4.57 Å². The van der Waals surface area contributed by atoms with Crippen molar-refractivity contribution in [1.29, 1.82) is 0 Å². The van der Waals surface area contributed by atoms with Crippen LogP contribution >= 0.6 is 0 Å². The van der Waals surface area contributed by atoms with Crippen molar-refractivity contribution in [3.63, 3.8) is 0 Å². The van der Waals surface area contributed by atoms with Gasteiger partial charge < -0.3 is 4.42 Å². The lowest BCUT2D eigenvalue weighted by Crippen LogP contribution is -2.62. The number of furan rings is 1. The summed E-state index contributed by atoms with van der Waals surface area (Å²) >= 11 is 0. The summed E-state index contributed by atoms with van der Waals surface area (Å²) in [6, 6.07) is 10.5. The predicted octanol–water partition coefficient (Wildman–Crippen LogP) is 2.71. The second-order valence-corrected chi connectivity index (χ2v) is 7.71. The SMILES string of the molecule is Cc1ccccc1CN1C(=O)C2C(=Nc3n(Cc4ccco4)c(C)c[n+]32)N(C)C1=O. The van der Waals surface area contributed by atoms with E-state index in [4.69, 9.17) is 4.42 Å². The van der Waals surface area contributed by atoms with Crippen LogP contribution in [0.15, 0.2) is 58.3 Å². The maximum atomic E-state index is 13.4. The number of aromatic nitrogens is 2. The van der Waals surface area contributed by atoms with Gasteiger partial charge in [-0.1, -0.05) is 29.3 Å². The van der Waals surface area contributed by atoms with Crippen molar-refractivity contribution in [2.45, 2.75) is 33.0 Å². The number of carbonyl (C=O) groups is 2. The summed E-state index contributed by atoms with van der Waals surface area (Å²) in [5.41, 5.74) is 2.95. The number of amides is 3. The minimum Gasteiger partial charge on any atom is -0.466 e. The van der Waals surface area contributed by atoms with Crippen molar-refractivity contribution < 1.29 is 18.6 Å². The van der Waals surface area contributed by atoms with E-state index >= 15 is 0 Å². The van der Waals surface area contributed by atoms with E-state index in [0.717, 1.165) is 22.6 Å².